The van der Waals surface area contributed by atoms with E-state index in [1.54, 1.807) is 6.92 Å². The first-order valence-electron chi connectivity index (χ1n) is 8.88. The summed E-state index contributed by atoms with van der Waals surface area (Å²) in [4.78, 5) is 22.8. The fourth-order valence-electron chi connectivity index (χ4n) is 2.04. The zero-order valence-corrected chi connectivity index (χ0v) is 17.1. The summed E-state index contributed by atoms with van der Waals surface area (Å²) in [5.74, 6) is -0.110. The van der Waals surface area contributed by atoms with Crippen molar-refractivity contribution in [1.82, 2.24) is 5.32 Å². The van der Waals surface area contributed by atoms with E-state index in [0.29, 0.717) is 25.0 Å². The Morgan fingerprint density at radius 1 is 1.04 bits per heavy atom. The summed E-state index contributed by atoms with van der Waals surface area (Å²) in [7, 11) is 1.96. The van der Waals surface area contributed by atoms with E-state index in [9.17, 15) is 14.3 Å². The zero-order chi connectivity index (χ0) is 19.3. The van der Waals surface area contributed by atoms with Crippen molar-refractivity contribution in [2.24, 2.45) is 0 Å². The van der Waals surface area contributed by atoms with Gasteiger partial charge in [0.1, 0.15) is 0 Å². The van der Waals surface area contributed by atoms with Gasteiger partial charge in [-0.2, -0.15) is 0 Å². The number of hydrogen-bond donors (Lipinski definition) is 1. The summed E-state index contributed by atoms with van der Waals surface area (Å²) in [6.45, 7) is 7.04. The van der Waals surface area contributed by atoms with Gasteiger partial charge in [-0.1, -0.05) is 25.8 Å². The first-order valence-corrected chi connectivity index (χ1v) is 10.3. The summed E-state index contributed by atoms with van der Waals surface area (Å²) in [5, 5.41) is 2.78. The third kappa shape index (κ3) is 16.5. The van der Waals surface area contributed by atoms with E-state index in [1.807, 2.05) is 21.1 Å². The molecular weight excluding hydrogens is 343 g/mol. The number of nitrogens with zero attached hydrogens (tertiary/aromatic N) is 1. The zero-order valence-electron chi connectivity index (χ0n) is 16.2. The molecule has 1 N–H and O–H groups in total. The van der Waals surface area contributed by atoms with Gasteiger partial charge in [0.25, 0.3) is 7.82 Å². The van der Waals surface area contributed by atoms with E-state index < -0.39 is 7.82 Å². The van der Waals surface area contributed by atoms with E-state index in [-0.39, 0.29) is 19.1 Å². The van der Waals surface area contributed by atoms with Gasteiger partial charge >= 0.3 is 0 Å². The number of hydrogen-bond acceptors (Lipinski definition) is 5. The van der Waals surface area contributed by atoms with Gasteiger partial charge in [-0.25, -0.2) is 0 Å². The summed E-state index contributed by atoms with van der Waals surface area (Å²) >= 11 is 0. The van der Waals surface area contributed by atoms with Crippen molar-refractivity contribution in [3.63, 3.8) is 0 Å². The van der Waals surface area contributed by atoms with Crippen LogP contribution in [0.2, 0.25) is 0 Å². The lowest BCUT2D eigenvalue weighted by Gasteiger charge is -2.26. The highest BCUT2D eigenvalue weighted by atomic mass is 31.2. The van der Waals surface area contributed by atoms with Crippen LogP contribution in [0.1, 0.15) is 45.4 Å². The van der Waals surface area contributed by atoms with Crippen LogP contribution >= 0.6 is 7.82 Å². The molecule has 1 amide bonds. The fourth-order valence-corrected chi connectivity index (χ4v) is 2.82. The second kappa shape index (κ2) is 12.6. The van der Waals surface area contributed by atoms with Crippen molar-refractivity contribution in [2.75, 3.05) is 47.4 Å². The number of unbranched alkanes of at least 4 members (excludes halogenated alkanes) is 4. The molecule has 0 aliphatic heterocycles. The Morgan fingerprint density at radius 2 is 1.56 bits per heavy atom. The second-order valence-electron chi connectivity index (χ2n) is 7.29. The third-order valence-electron chi connectivity index (χ3n) is 3.47. The first kappa shape index (κ1) is 24.3. The fraction of sp³-hybridized carbons (Fsp3) is 0.824. The minimum Gasteiger partial charge on any atom is -0.756 e. The number of amides is 1. The molecule has 0 aromatic rings. The Kier molecular flexibility index (Phi) is 12.2. The molecule has 1 unspecified atom stereocenters. The van der Waals surface area contributed by atoms with E-state index in [0.717, 1.165) is 36.7 Å². The standard InChI is InChI=1S/C17H35N2O5P/c1-16(2)17(20)18-12-9-7-6-8-10-14-23-25(21,22)24-15-11-13-19(3,4)5/h1,6-15H2,2-5H3,(H-,18,20,21,22). The topological polar surface area (TPSA) is 87.7 Å². The molecule has 0 fully saturated rings. The van der Waals surface area contributed by atoms with Crippen LogP contribution < -0.4 is 10.2 Å². The lowest BCUT2D eigenvalue weighted by molar-refractivity contribution is -0.870. The number of quaternary nitrogens is 1. The number of nitrogens with one attached hydrogen (secondary N) is 1. The molecular formula is C17H35N2O5P. The van der Waals surface area contributed by atoms with Crippen molar-refractivity contribution in [2.45, 2.75) is 45.4 Å². The highest BCUT2D eigenvalue weighted by Gasteiger charge is 2.11. The van der Waals surface area contributed by atoms with Gasteiger partial charge in [0.15, 0.2) is 0 Å². The van der Waals surface area contributed by atoms with Crippen LogP contribution in [0.15, 0.2) is 12.2 Å². The maximum atomic E-state index is 11.6. The molecule has 0 aliphatic carbocycles. The summed E-state index contributed by atoms with van der Waals surface area (Å²) < 4.78 is 22.0. The molecule has 0 radical (unpaired) electrons. The Bertz CT molecular complexity index is 449. The molecule has 148 valence electrons. The van der Waals surface area contributed by atoms with E-state index in [4.69, 9.17) is 9.05 Å². The molecule has 0 aromatic heterocycles. The SMILES string of the molecule is C=C(C)C(=O)NCCCCCCCOP(=O)([O-])OCCC[N+](C)(C)C. The van der Waals surface area contributed by atoms with Gasteiger partial charge in [0.05, 0.1) is 40.9 Å². The van der Waals surface area contributed by atoms with Crippen molar-refractivity contribution < 1.29 is 27.8 Å². The molecule has 0 spiro atoms. The van der Waals surface area contributed by atoms with Crippen LogP contribution in [0.3, 0.4) is 0 Å². The number of carbonyl (C=O) groups excluding carboxylic acids is 1. The monoisotopic (exact) mass is 378 g/mol. The summed E-state index contributed by atoms with van der Waals surface area (Å²) in [6, 6.07) is 0. The first-order chi connectivity index (χ1) is 11.5. The van der Waals surface area contributed by atoms with Gasteiger partial charge in [0, 0.05) is 18.5 Å². The second-order valence-corrected chi connectivity index (χ2v) is 8.70. The number of phosphoric acid groups is 1. The number of carbonyl (C=O) groups is 1. The third-order valence-corrected chi connectivity index (χ3v) is 4.46. The van der Waals surface area contributed by atoms with Crippen LogP contribution in [0.25, 0.3) is 0 Å². The quantitative estimate of drug-likeness (QED) is 0.204. The van der Waals surface area contributed by atoms with E-state index in [2.05, 4.69) is 11.9 Å². The number of rotatable bonds is 15. The highest BCUT2D eigenvalue weighted by Crippen LogP contribution is 2.38. The van der Waals surface area contributed by atoms with Crippen molar-refractivity contribution in [1.29, 1.82) is 0 Å². The van der Waals surface area contributed by atoms with Gasteiger partial charge in [-0.05, 0) is 19.8 Å². The van der Waals surface area contributed by atoms with Crippen molar-refractivity contribution in [3.8, 4) is 0 Å². The molecule has 0 aromatic carbocycles. The molecule has 1 atom stereocenters. The molecule has 8 heteroatoms. The Balaban J connectivity index is 3.52. The van der Waals surface area contributed by atoms with Crippen LogP contribution in [0.4, 0.5) is 0 Å². The Hall–Kier alpha value is -0.720. The number of phosphoric ester groups is 1. The van der Waals surface area contributed by atoms with Crippen LogP contribution in [-0.2, 0) is 18.4 Å². The highest BCUT2D eigenvalue weighted by molar-refractivity contribution is 7.45. The minimum atomic E-state index is -4.17. The predicted molar refractivity (Wildman–Crippen MR) is 97.9 cm³/mol. The van der Waals surface area contributed by atoms with Crippen molar-refractivity contribution in [3.05, 3.63) is 12.2 Å². The molecule has 0 bridgehead atoms. The average Bonchev–Trinajstić information content (AvgIpc) is 2.48. The Labute approximate surface area is 152 Å². The van der Waals surface area contributed by atoms with Crippen molar-refractivity contribution >= 4 is 13.7 Å². The lowest BCUT2D eigenvalue weighted by Crippen LogP contribution is -2.35. The van der Waals surface area contributed by atoms with E-state index in [1.165, 1.54) is 0 Å². The van der Waals surface area contributed by atoms with Gasteiger partial charge in [-0.15, -0.1) is 0 Å². The van der Waals surface area contributed by atoms with Gasteiger partial charge in [0.2, 0.25) is 5.91 Å². The minimum absolute atomic E-state index is 0.110. The lowest BCUT2D eigenvalue weighted by atomic mass is 10.1. The molecule has 25 heavy (non-hydrogen) atoms. The molecule has 0 saturated carbocycles. The molecule has 7 nitrogen and oxygen atoms in total. The predicted octanol–water partition coefficient (Wildman–Crippen LogP) is 2.23. The molecule has 0 saturated heterocycles. The Morgan fingerprint density at radius 3 is 2.12 bits per heavy atom. The smallest absolute Gasteiger partial charge is 0.267 e. The van der Waals surface area contributed by atoms with Crippen LogP contribution in [0, 0.1) is 0 Å². The van der Waals surface area contributed by atoms with Gasteiger partial charge < -0.3 is 23.7 Å². The largest absolute Gasteiger partial charge is 0.756 e. The summed E-state index contributed by atoms with van der Waals surface area (Å²) in [6.07, 6.45) is 5.08. The molecule has 0 rings (SSSR count). The average molecular weight is 378 g/mol. The van der Waals surface area contributed by atoms with Gasteiger partial charge in [-0.3, -0.25) is 9.36 Å². The normalized spacial score (nSPS) is 14.1. The molecule has 0 heterocycles. The van der Waals surface area contributed by atoms with Crippen LogP contribution in [-0.4, -0.2) is 57.8 Å². The molecule has 0 aliphatic rings. The summed E-state index contributed by atoms with van der Waals surface area (Å²) in [5.41, 5.74) is 0.513. The maximum Gasteiger partial charge on any atom is 0.267 e. The van der Waals surface area contributed by atoms with E-state index >= 15 is 0 Å². The van der Waals surface area contributed by atoms with Crippen LogP contribution in [0.5, 0.6) is 0 Å². The maximum absolute atomic E-state index is 11.6.